The van der Waals surface area contributed by atoms with Gasteiger partial charge in [0.2, 0.25) is 11.8 Å². The second-order valence-corrected chi connectivity index (χ2v) is 5.10. The molecule has 0 radical (unpaired) electrons. The Balaban J connectivity index is 2.00. The van der Waals surface area contributed by atoms with E-state index in [0.29, 0.717) is 11.4 Å². The van der Waals surface area contributed by atoms with Crippen LogP contribution in [0.25, 0.3) is 0 Å². The third-order valence-electron chi connectivity index (χ3n) is 2.71. The Morgan fingerprint density at radius 2 is 1.89 bits per heavy atom. The van der Waals surface area contributed by atoms with Crippen LogP contribution in [-0.4, -0.2) is 17.2 Å². The summed E-state index contributed by atoms with van der Waals surface area (Å²) in [6, 6.07) is 7.04. The highest BCUT2D eigenvalue weighted by Gasteiger charge is 2.29. The molecule has 1 atom stereocenters. The Hall–Kier alpha value is -1.55. The van der Waals surface area contributed by atoms with Crippen LogP contribution in [0.5, 0.6) is 0 Å². The van der Waals surface area contributed by atoms with Crippen LogP contribution in [0.1, 0.15) is 19.8 Å². The summed E-state index contributed by atoms with van der Waals surface area (Å²) in [5, 5.41) is 4.91. The number of alkyl halides is 1. The van der Waals surface area contributed by atoms with E-state index in [-0.39, 0.29) is 17.7 Å². The zero-order valence-corrected chi connectivity index (χ0v) is 10.8. The molecule has 1 aliphatic carbocycles. The van der Waals surface area contributed by atoms with Crippen molar-refractivity contribution in [2.24, 2.45) is 5.92 Å². The molecule has 0 spiro atoms. The molecular formula is C13H15ClN2O2. The van der Waals surface area contributed by atoms with Crippen LogP contribution in [0, 0.1) is 5.92 Å². The maximum Gasteiger partial charge on any atom is 0.242 e. The average molecular weight is 267 g/mol. The molecule has 4 nitrogen and oxygen atoms in total. The molecule has 1 aromatic rings. The van der Waals surface area contributed by atoms with Crippen LogP contribution in [0.2, 0.25) is 0 Å². The number of rotatable bonds is 4. The van der Waals surface area contributed by atoms with Gasteiger partial charge in [-0.05, 0) is 38.0 Å². The summed E-state index contributed by atoms with van der Waals surface area (Å²) in [7, 11) is 0. The van der Waals surface area contributed by atoms with Crippen LogP contribution >= 0.6 is 11.6 Å². The van der Waals surface area contributed by atoms with Crippen LogP contribution in [0.3, 0.4) is 0 Å². The van der Waals surface area contributed by atoms with Gasteiger partial charge in [0.1, 0.15) is 5.38 Å². The fourth-order valence-corrected chi connectivity index (χ4v) is 1.56. The van der Waals surface area contributed by atoms with Gasteiger partial charge in [0, 0.05) is 17.3 Å². The number of carbonyl (C=O) groups is 2. The van der Waals surface area contributed by atoms with Crippen LogP contribution in [0.15, 0.2) is 24.3 Å². The number of hydrogen-bond donors (Lipinski definition) is 2. The number of anilines is 2. The lowest BCUT2D eigenvalue weighted by molar-refractivity contribution is -0.117. The molecule has 96 valence electrons. The van der Waals surface area contributed by atoms with Gasteiger partial charge in [0.15, 0.2) is 0 Å². The molecule has 2 amide bonds. The largest absolute Gasteiger partial charge is 0.326 e. The molecule has 1 fully saturated rings. The molecule has 0 saturated heterocycles. The highest BCUT2D eigenvalue weighted by Crippen LogP contribution is 2.30. The minimum absolute atomic E-state index is 0.0455. The summed E-state index contributed by atoms with van der Waals surface area (Å²) in [5.74, 6) is -0.0577. The first kappa shape index (κ1) is 12.9. The van der Waals surface area contributed by atoms with Crippen molar-refractivity contribution in [2.45, 2.75) is 25.1 Å². The number of hydrogen-bond acceptors (Lipinski definition) is 2. The van der Waals surface area contributed by atoms with Crippen molar-refractivity contribution in [2.75, 3.05) is 10.6 Å². The van der Waals surface area contributed by atoms with Gasteiger partial charge in [-0.15, -0.1) is 11.6 Å². The summed E-state index contributed by atoms with van der Waals surface area (Å²) >= 11 is 5.67. The van der Waals surface area contributed by atoms with Gasteiger partial charge >= 0.3 is 0 Å². The molecule has 18 heavy (non-hydrogen) atoms. The van der Waals surface area contributed by atoms with Gasteiger partial charge in [-0.2, -0.15) is 0 Å². The van der Waals surface area contributed by atoms with E-state index in [1.54, 1.807) is 31.2 Å². The molecule has 2 N–H and O–H groups in total. The minimum Gasteiger partial charge on any atom is -0.326 e. The average Bonchev–Trinajstić information content (AvgIpc) is 3.12. The zero-order chi connectivity index (χ0) is 13.1. The molecule has 1 aromatic carbocycles. The van der Waals surface area contributed by atoms with Crippen LogP contribution in [-0.2, 0) is 9.59 Å². The Bertz CT molecular complexity index is 439. The highest BCUT2D eigenvalue weighted by molar-refractivity contribution is 6.32. The number of nitrogens with one attached hydrogen (secondary N) is 2. The van der Waals surface area contributed by atoms with Gasteiger partial charge in [-0.3, -0.25) is 9.59 Å². The van der Waals surface area contributed by atoms with Crippen molar-refractivity contribution in [1.82, 2.24) is 0 Å². The molecule has 1 unspecified atom stereocenters. The Kier molecular flexibility index (Phi) is 3.87. The summed E-state index contributed by atoms with van der Waals surface area (Å²) in [4.78, 5) is 23.0. The smallest absolute Gasteiger partial charge is 0.242 e. The lowest BCUT2D eigenvalue weighted by Crippen LogP contribution is -2.20. The monoisotopic (exact) mass is 266 g/mol. The molecule has 0 aromatic heterocycles. The quantitative estimate of drug-likeness (QED) is 0.823. The van der Waals surface area contributed by atoms with Gasteiger partial charge in [-0.1, -0.05) is 6.07 Å². The summed E-state index contributed by atoms with van der Waals surface area (Å²) in [6.45, 7) is 1.61. The molecule has 5 heteroatoms. The summed E-state index contributed by atoms with van der Waals surface area (Å²) in [6.07, 6.45) is 1.93. The third-order valence-corrected chi connectivity index (χ3v) is 2.91. The molecule has 0 aliphatic heterocycles. The fourth-order valence-electron chi connectivity index (χ4n) is 1.51. The number of carbonyl (C=O) groups excluding carboxylic acids is 2. The van der Waals surface area contributed by atoms with Crippen molar-refractivity contribution in [1.29, 1.82) is 0 Å². The zero-order valence-electron chi connectivity index (χ0n) is 10.1. The molecule has 0 heterocycles. The topological polar surface area (TPSA) is 58.2 Å². The molecular weight excluding hydrogens is 252 g/mol. The Morgan fingerprint density at radius 1 is 1.28 bits per heavy atom. The predicted octanol–water partition coefficient (Wildman–Crippen LogP) is 2.60. The number of benzene rings is 1. The maximum absolute atomic E-state index is 11.6. The van der Waals surface area contributed by atoms with Gasteiger partial charge in [0.25, 0.3) is 0 Å². The van der Waals surface area contributed by atoms with Crippen molar-refractivity contribution in [3.63, 3.8) is 0 Å². The fraction of sp³-hybridized carbons (Fsp3) is 0.385. The second-order valence-electron chi connectivity index (χ2n) is 4.45. The summed E-state index contributed by atoms with van der Waals surface area (Å²) < 4.78 is 0. The number of amides is 2. The molecule has 1 saturated carbocycles. The van der Waals surface area contributed by atoms with Crippen LogP contribution < -0.4 is 10.6 Å². The second kappa shape index (κ2) is 5.40. The van der Waals surface area contributed by atoms with E-state index < -0.39 is 5.38 Å². The van der Waals surface area contributed by atoms with E-state index in [0.717, 1.165) is 12.8 Å². The molecule has 0 bridgehead atoms. The van der Waals surface area contributed by atoms with E-state index in [1.165, 1.54) is 0 Å². The Morgan fingerprint density at radius 3 is 2.44 bits per heavy atom. The summed E-state index contributed by atoms with van der Waals surface area (Å²) in [5.41, 5.74) is 1.31. The molecule has 2 rings (SSSR count). The van der Waals surface area contributed by atoms with Crippen molar-refractivity contribution in [3.05, 3.63) is 24.3 Å². The maximum atomic E-state index is 11.6. The van der Waals surface area contributed by atoms with E-state index >= 15 is 0 Å². The first-order valence-corrected chi connectivity index (χ1v) is 6.36. The van der Waals surface area contributed by atoms with Gasteiger partial charge < -0.3 is 10.6 Å². The standard InChI is InChI=1S/C13H15ClN2O2/c1-8(14)12(17)15-10-3-2-4-11(7-10)16-13(18)9-5-6-9/h2-4,7-9H,5-6H2,1H3,(H,15,17)(H,16,18). The first-order valence-electron chi connectivity index (χ1n) is 5.92. The highest BCUT2D eigenvalue weighted by atomic mass is 35.5. The van der Waals surface area contributed by atoms with Crippen molar-refractivity contribution in [3.8, 4) is 0 Å². The SMILES string of the molecule is CC(Cl)C(=O)Nc1cccc(NC(=O)C2CC2)c1. The third kappa shape index (κ3) is 3.47. The normalized spacial score (nSPS) is 15.9. The molecule has 1 aliphatic rings. The first-order chi connectivity index (χ1) is 8.56. The van der Waals surface area contributed by atoms with Crippen molar-refractivity contribution >= 4 is 34.8 Å². The van der Waals surface area contributed by atoms with Gasteiger partial charge in [0.05, 0.1) is 0 Å². The lowest BCUT2D eigenvalue weighted by Gasteiger charge is -2.09. The van der Waals surface area contributed by atoms with Crippen LogP contribution in [0.4, 0.5) is 11.4 Å². The Labute approximate surface area is 111 Å². The predicted molar refractivity (Wildman–Crippen MR) is 71.7 cm³/mol. The van der Waals surface area contributed by atoms with E-state index in [2.05, 4.69) is 10.6 Å². The van der Waals surface area contributed by atoms with E-state index in [1.807, 2.05) is 0 Å². The van der Waals surface area contributed by atoms with E-state index in [9.17, 15) is 9.59 Å². The number of halogens is 1. The lowest BCUT2D eigenvalue weighted by atomic mass is 10.2. The van der Waals surface area contributed by atoms with Gasteiger partial charge in [-0.25, -0.2) is 0 Å². The van der Waals surface area contributed by atoms with Crippen molar-refractivity contribution < 1.29 is 9.59 Å². The minimum atomic E-state index is -0.588. The van der Waals surface area contributed by atoms with E-state index in [4.69, 9.17) is 11.6 Å².